The first-order valence-corrected chi connectivity index (χ1v) is 7.84. The van der Waals surface area contributed by atoms with Crippen LogP contribution in [0.4, 0.5) is 4.39 Å². The minimum Gasteiger partial charge on any atom is -0.207 e. The highest BCUT2D eigenvalue weighted by molar-refractivity contribution is 5.26. The Balaban J connectivity index is 2.82. The van der Waals surface area contributed by atoms with E-state index in [0.29, 0.717) is 5.41 Å². The van der Waals surface area contributed by atoms with E-state index in [1.165, 1.54) is 50.2 Å². The predicted molar refractivity (Wildman–Crippen MR) is 82.8 cm³/mol. The number of rotatable bonds is 6. The Bertz CT molecular complexity index is 341. The van der Waals surface area contributed by atoms with Crippen molar-refractivity contribution in [2.24, 2.45) is 5.41 Å². The molecule has 1 aliphatic carbocycles. The Kier molecular flexibility index (Phi) is 7.12. The van der Waals surface area contributed by atoms with Crippen molar-refractivity contribution in [2.45, 2.75) is 72.1 Å². The summed E-state index contributed by atoms with van der Waals surface area (Å²) in [5.41, 5.74) is 1.79. The van der Waals surface area contributed by atoms with Crippen molar-refractivity contribution in [3.63, 3.8) is 0 Å². The number of hydrogen-bond acceptors (Lipinski definition) is 0. The number of allylic oxidation sites excluding steroid dienone is 6. The highest BCUT2D eigenvalue weighted by Gasteiger charge is 2.29. The monoisotopic (exact) mass is 264 g/mol. The van der Waals surface area contributed by atoms with Crippen LogP contribution < -0.4 is 0 Å². The van der Waals surface area contributed by atoms with Crippen LogP contribution in [0.5, 0.6) is 0 Å². The molecule has 0 saturated carbocycles. The molecule has 0 heterocycles. The molecule has 108 valence electrons. The van der Waals surface area contributed by atoms with Crippen molar-refractivity contribution in [3.8, 4) is 0 Å². The minimum absolute atomic E-state index is 0.137. The maximum atomic E-state index is 13.2. The first kappa shape index (κ1) is 16.2. The van der Waals surface area contributed by atoms with E-state index in [2.05, 4.69) is 19.9 Å². The zero-order valence-corrected chi connectivity index (χ0v) is 12.8. The smallest absolute Gasteiger partial charge is 0.118 e. The van der Waals surface area contributed by atoms with E-state index in [1.807, 2.05) is 6.08 Å². The van der Waals surface area contributed by atoms with Gasteiger partial charge in [-0.2, -0.15) is 0 Å². The van der Waals surface area contributed by atoms with E-state index in [-0.39, 0.29) is 5.83 Å². The van der Waals surface area contributed by atoms with Crippen LogP contribution in [0.2, 0.25) is 0 Å². The summed E-state index contributed by atoms with van der Waals surface area (Å²) < 4.78 is 13.2. The van der Waals surface area contributed by atoms with Crippen molar-refractivity contribution < 1.29 is 4.39 Å². The van der Waals surface area contributed by atoms with Crippen molar-refractivity contribution >= 4 is 0 Å². The first-order chi connectivity index (χ1) is 9.15. The molecule has 0 spiro atoms. The van der Waals surface area contributed by atoms with Gasteiger partial charge in [0.05, 0.1) is 0 Å². The summed E-state index contributed by atoms with van der Waals surface area (Å²) in [5.74, 6) is -0.137. The third-order valence-electron chi connectivity index (χ3n) is 4.19. The molecule has 19 heavy (non-hydrogen) atoms. The van der Waals surface area contributed by atoms with E-state index in [4.69, 9.17) is 0 Å². The molecule has 0 N–H and O–H groups in total. The van der Waals surface area contributed by atoms with E-state index in [1.54, 1.807) is 13.0 Å². The second-order valence-corrected chi connectivity index (χ2v) is 5.85. The van der Waals surface area contributed by atoms with Crippen molar-refractivity contribution in [1.82, 2.24) is 0 Å². The fraction of sp³-hybridized carbons (Fsp3) is 0.667. The van der Waals surface area contributed by atoms with Gasteiger partial charge < -0.3 is 0 Å². The minimum atomic E-state index is -0.137. The molecule has 0 aliphatic heterocycles. The summed E-state index contributed by atoms with van der Waals surface area (Å²) in [4.78, 5) is 0. The molecule has 0 radical (unpaired) electrons. The molecule has 0 fully saturated rings. The van der Waals surface area contributed by atoms with Gasteiger partial charge in [-0.1, -0.05) is 50.5 Å². The van der Waals surface area contributed by atoms with Crippen LogP contribution >= 0.6 is 0 Å². The SMILES string of the molecule is C/C=C(F)\C=C/C1=CCCCC(CCC)(CCC)C1. The summed E-state index contributed by atoms with van der Waals surface area (Å²) >= 11 is 0. The Hall–Kier alpha value is -0.850. The van der Waals surface area contributed by atoms with Gasteiger partial charge in [-0.3, -0.25) is 0 Å². The van der Waals surface area contributed by atoms with Crippen molar-refractivity contribution in [1.29, 1.82) is 0 Å². The molecule has 0 nitrogen and oxygen atoms in total. The largest absolute Gasteiger partial charge is 0.207 e. The van der Waals surface area contributed by atoms with Gasteiger partial charge in [0.15, 0.2) is 0 Å². The maximum absolute atomic E-state index is 13.2. The second kappa shape index (κ2) is 8.35. The lowest BCUT2D eigenvalue weighted by Gasteiger charge is -2.33. The van der Waals surface area contributed by atoms with E-state index < -0.39 is 0 Å². The molecule has 0 unspecified atom stereocenters. The highest BCUT2D eigenvalue weighted by atomic mass is 19.1. The van der Waals surface area contributed by atoms with Crippen LogP contribution in [0, 0.1) is 5.41 Å². The molecule has 0 atom stereocenters. The molecular weight excluding hydrogens is 235 g/mol. The quantitative estimate of drug-likeness (QED) is 0.480. The molecular formula is C18H29F. The van der Waals surface area contributed by atoms with E-state index in [9.17, 15) is 4.39 Å². The molecule has 1 rings (SSSR count). The Morgan fingerprint density at radius 1 is 1.32 bits per heavy atom. The van der Waals surface area contributed by atoms with E-state index >= 15 is 0 Å². The lowest BCUT2D eigenvalue weighted by atomic mass is 9.72. The highest BCUT2D eigenvalue weighted by Crippen LogP contribution is 2.43. The van der Waals surface area contributed by atoms with Crippen molar-refractivity contribution in [3.05, 3.63) is 35.7 Å². The molecule has 0 amide bonds. The third-order valence-corrected chi connectivity index (χ3v) is 4.19. The fourth-order valence-electron chi connectivity index (χ4n) is 3.38. The van der Waals surface area contributed by atoms with Crippen LogP contribution in [0.3, 0.4) is 0 Å². The molecule has 0 saturated heterocycles. The normalized spacial score (nSPS) is 20.4. The fourth-order valence-corrected chi connectivity index (χ4v) is 3.38. The Labute approximate surface area is 118 Å². The molecule has 1 heteroatoms. The Morgan fingerprint density at radius 2 is 2.00 bits per heavy atom. The molecule has 0 aromatic heterocycles. The van der Waals surface area contributed by atoms with Crippen LogP contribution in [0.25, 0.3) is 0 Å². The van der Waals surface area contributed by atoms with Gasteiger partial charge in [-0.05, 0) is 56.9 Å². The van der Waals surface area contributed by atoms with Gasteiger partial charge in [0.2, 0.25) is 0 Å². The van der Waals surface area contributed by atoms with Gasteiger partial charge in [-0.25, -0.2) is 4.39 Å². The topological polar surface area (TPSA) is 0 Å². The van der Waals surface area contributed by atoms with Gasteiger partial charge >= 0.3 is 0 Å². The zero-order chi connectivity index (χ0) is 14.1. The standard InChI is InChI=1S/C18H29F/c1-4-12-18(13-5-2)14-8-7-9-16(15-18)10-11-17(19)6-3/h6,9-11H,4-5,7-8,12-15H2,1-3H3/b11-10-,17-6+. The lowest BCUT2D eigenvalue weighted by Crippen LogP contribution is -2.20. The van der Waals surface area contributed by atoms with Gasteiger partial charge in [0.1, 0.15) is 5.83 Å². The average molecular weight is 264 g/mol. The molecule has 0 bridgehead atoms. The summed E-state index contributed by atoms with van der Waals surface area (Å²) in [6.45, 7) is 6.29. The van der Waals surface area contributed by atoms with Crippen LogP contribution in [-0.4, -0.2) is 0 Å². The van der Waals surface area contributed by atoms with Crippen LogP contribution in [-0.2, 0) is 0 Å². The van der Waals surface area contributed by atoms with Gasteiger partial charge in [0, 0.05) is 0 Å². The van der Waals surface area contributed by atoms with Crippen LogP contribution in [0.15, 0.2) is 35.7 Å². The zero-order valence-electron chi connectivity index (χ0n) is 12.8. The molecule has 0 aromatic rings. The summed E-state index contributed by atoms with van der Waals surface area (Å²) in [7, 11) is 0. The van der Waals surface area contributed by atoms with E-state index in [0.717, 1.165) is 12.8 Å². The molecule has 0 aromatic carbocycles. The summed E-state index contributed by atoms with van der Waals surface area (Å²) in [5, 5.41) is 0. The summed E-state index contributed by atoms with van der Waals surface area (Å²) in [6, 6.07) is 0. The van der Waals surface area contributed by atoms with Crippen LogP contribution in [0.1, 0.15) is 72.1 Å². The number of hydrogen-bond donors (Lipinski definition) is 0. The summed E-state index contributed by atoms with van der Waals surface area (Å²) in [6.07, 6.45) is 17.4. The predicted octanol–water partition coefficient (Wildman–Crippen LogP) is 6.50. The maximum Gasteiger partial charge on any atom is 0.118 e. The molecule has 1 aliphatic rings. The van der Waals surface area contributed by atoms with Gasteiger partial charge in [-0.15, -0.1) is 0 Å². The first-order valence-electron chi connectivity index (χ1n) is 7.84. The Morgan fingerprint density at radius 3 is 2.58 bits per heavy atom. The lowest BCUT2D eigenvalue weighted by molar-refractivity contribution is 0.212. The van der Waals surface area contributed by atoms with Crippen molar-refractivity contribution in [2.75, 3.05) is 0 Å². The average Bonchev–Trinajstić information content (AvgIpc) is 2.59. The van der Waals surface area contributed by atoms with Gasteiger partial charge in [0.25, 0.3) is 0 Å². The second-order valence-electron chi connectivity index (χ2n) is 5.85. The third kappa shape index (κ3) is 5.34. The number of halogens is 1.